The minimum atomic E-state index is 0.405. The van der Waals surface area contributed by atoms with E-state index < -0.39 is 0 Å². The molecule has 1 aliphatic heterocycles. The van der Waals surface area contributed by atoms with Crippen molar-refractivity contribution in [3.8, 4) is 0 Å². The van der Waals surface area contributed by atoms with Gasteiger partial charge < -0.3 is 10.1 Å². The third-order valence-corrected chi connectivity index (χ3v) is 3.34. The van der Waals surface area contributed by atoms with Gasteiger partial charge in [0.05, 0.1) is 17.5 Å². The molecule has 1 unspecified atom stereocenters. The smallest absolute Gasteiger partial charge is 0.0699 e. The molecule has 96 valence electrons. The van der Waals surface area contributed by atoms with Gasteiger partial charge in [-0.15, -0.1) is 0 Å². The van der Waals surface area contributed by atoms with Gasteiger partial charge in [0.2, 0.25) is 0 Å². The van der Waals surface area contributed by atoms with Crippen molar-refractivity contribution in [2.75, 3.05) is 13.2 Å². The second-order valence-corrected chi connectivity index (χ2v) is 4.72. The minimum Gasteiger partial charge on any atom is -0.377 e. The maximum absolute atomic E-state index is 5.69. The maximum Gasteiger partial charge on any atom is 0.0699 e. The largest absolute Gasteiger partial charge is 0.377 e. The fraction of sp³-hybridized carbons (Fsp3) is 0.769. The summed E-state index contributed by atoms with van der Waals surface area (Å²) in [5, 5.41) is 7.90. The number of rotatable bonds is 5. The molecule has 0 bridgehead atoms. The van der Waals surface area contributed by atoms with Crippen LogP contribution in [-0.4, -0.2) is 29.0 Å². The highest BCUT2D eigenvalue weighted by atomic mass is 16.5. The average molecular weight is 237 g/mol. The number of hydrogen-bond donors (Lipinski definition) is 1. The highest BCUT2D eigenvalue weighted by Gasteiger charge is 2.13. The molecule has 17 heavy (non-hydrogen) atoms. The summed E-state index contributed by atoms with van der Waals surface area (Å²) in [6, 6.07) is 2.18. The van der Waals surface area contributed by atoms with Crippen LogP contribution in [0.3, 0.4) is 0 Å². The summed E-state index contributed by atoms with van der Waals surface area (Å²) < 4.78 is 7.65. The number of aryl methyl sites for hydroxylation is 2. The zero-order valence-electron chi connectivity index (χ0n) is 10.9. The lowest BCUT2D eigenvalue weighted by Crippen LogP contribution is -2.31. The average Bonchev–Trinajstić information content (AvgIpc) is 2.72. The van der Waals surface area contributed by atoms with E-state index >= 15 is 0 Å². The van der Waals surface area contributed by atoms with Crippen LogP contribution >= 0.6 is 0 Å². The van der Waals surface area contributed by atoms with Crippen LogP contribution in [0.2, 0.25) is 0 Å². The predicted octanol–water partition coefficient (Wildman–Crippen LogP) is 1.64. The summed E-state index contributed by atoms with van der Waals surface area (Å²) >= 11 is 0. The number of nitrogens with one attached hydrogen (secondary N) is 1. The van der Waals surface area contributed by atoms with Gasteiger partial charge in [0, 0.05) is 26.7 Å². The highest BCUT2D eigenvalue weighted by molar-refractivity contribution is 5.09. The van der Waals surface area contributed by atoms with Crippen LogP contribution in [0.1, 0.15) is 37.6 Å². The molecule has 4 heteroatoms. The van der Waals surface area contributed by atoms with Crippen molar-refractivity contribution >= 4 is 0 Å². The van der Waals surface area contributed by atoms with Crippen LogP contribution in [0.4, 0.5) is 0 Å². The Kier molecular flexibility index (Phi) is 4.57. The molecule has 1 atom stereocenters. The van der Waals surface area contributed by atoms with Gasteiger partial charge in [-0.05, 0) is 31.7 Å². The second-order valence-electron chi connectivity index (χ2n) is 4.72. The van der Waals surface area contributed by atoms with Crippen molar-refractivity contribution in [1.29, 1.82) is 0 Å². The lowest BCUT2D eigenvalue weighted by Gasteiger charge is -2.22. The van der Waals surface area contributed by atoms with Gasteiger partial charge in [-0.1, -0.05) is 6.92 Å². The standard InChI is InChI=1S/C13H23N3O/c1-3-11-8-12(16(2)15-11)9-14-10-13-6-4-5-7-17-13/h8,13-14H,3-7,9-10H2,1-2H3. The normalized spacial score (nSPS) is 20.7. The predicted molar refractivity (Wildman–Crippen MR) is 67.9 cm³/mol. The van der Waals surface area contributed by atoms with E-state index in [0.29, 0.717) is 6.10 Å². The topological polar surface area (TPSA) is 39.1 Å². The van der Waals surface area contributed by atoms with Crippen molar-refractivity contribution in [2.24, 2.45) is 7.05 Å². The number of hydrogen-bond acceptors (Lipinski definition) is 3. The van der Waals surface area contributed by atoms with Crippen LogP contribution in [0.5, 0.6) is 0 Å². The monoisotopic (exact) mass is 237 g/mol. The summed E-state index contributed by atoms with van der Waals surface area (Å²) in [6.07, 6.45) is 5.12. The zero-order chi connectivity index (χ0) is 12.1. The van der Waals surface area contributed by atoms with E-state index in [4.69, 9.17) is 4.74 Å². The van der Waals surface area contributed by atoms with E-state index in [2.05, 4.69) is 23.4 Å². The van der Waals surface area contributed by atoms with Crippen molar-refractivity contribution in [3.63, 3.8) is 0 Å². The molecule has 1 aromatic heterocycles. The molecule has 2 heterocycles. The molecule has 0 radical (unpaired) electrons. The molecule has 1 fully saturated rings. The lowest BCUT2D eigenvalue weighted by molar-refractivity contribution is 0.0167. The molecule has 1 aromatic rings. The second kappa shape index (κ2) is 6.17. The van der Waals surface area contributed by atoms with Crippen LogP contribution in [-0.2, 0) is 24.8 Å². The molecular formula is C13H23N3O. The summed E-state index contributed by atoms with van der Waals surface area (Å²) in [6.45, 7) is 4.89. The van der Waals surface area contributed by atoms with E-state index in [1.165, 1.54) is 30.7 Å². The van der Waals surface area contributed by atoms with E-state index in [0.717, 1.165) is 26.1 Å². The first-order chi connectivity index (χ1) is 8.29. The Morgan fingerprint density at radius 3 is 3.06 bits per heavy atom. The molecule has 1 N–H and O–H groups in total. The summed E-state index contributed by atoms with van der Waals surface area (Å²) in [4.78, 5) is 0. The van der Waals surface area contributed by atoms with Gasteiger partial charge in [-0.3, -0.25) is 4.68 Å². The van der Waals surface area contributed by atoms with Crippen LogP contribution in [0.15, 0.2) is 6.07 Å². The van der Waals surface area contributed by atoms with Gasteiger partial charge in [0.25, 0.3) is 0 Å². The van der Waals surface area contributed by atoms with Gasteiger partial charge in [-0.2, -0.15) is 5.10 Å². The molecule has 0 aromatic carbocycles. The van der Waals surface area contributed by atoms with E-state index in [9.17, 15) is 0 Å². The summed E-state index contributed by atoms with van der Waals surface area (Å²) in [5.41, 5.74) is 2.41. The van der Waals surface area contributed by atoms with E-state index in [1.54, 1.807) is 0 Å². The SMILES string of the molecule is CCc1cc(CNCC2CCCCO2)n(C)n1. The highest BCUT2D eigenvalue weighted by Crippen LogP contribution is 2.12. The quantitative estimate of drug-likeness (QED) is 0.846. The van der Waals surface area contributed by atoms with Gasteiger partial charge in [-0.25, -0.2) is 0 Å². The fourth-order valence-corrected chi connectivity index (χ4v) is 2.24. The molecular weight excluding hydrogens is 214 g/mol. The first kappa shape index (κ1) is 12.6. The first-order valence-electron chi connectivity index (χ1n) is 6.63. The van der Waals surface area contributed by atoms with Crippen molar-refractivity contribution in [1.82, 2.24) is 15.1 Å². The van der Waals surface area contributed by atoms with Crippen LogP contribution in [0.25, 0.3) is 0 Å². The molecule has 0 aliphatic carbocycles. The zero-order valence-corrected chi connectivity index (χ0v) is 10.9. The van der Waals surface area contributed by atoms with Gasteiger partial charge >= 0.3 is 0 Å². The molecule has 1 aliphatic rings. The van der Waals surface area contributed by atoms with Crippen molar-refractivity contribution in [2.45, 2.75) is 45.3 Å². The maximum atomic E-state index is 5.69. The Labute approximate surface area is 103 Å². The Bertz CT molecular complexity index is 342. The molecule has 0 saturated carbocycles. The van der Waals surface area contributed by atoms with Gasteiger partial charge in [0.15, 0.2) is 0 Å². The first-order valence-corrected chi connectivity index (χ1v) is 6.63. The third-order valence-electron chi connectivity index (χ3n) is 3.34. The Balaban J connectivity index is 1.75. The van der Waals surface area contributed by atoms with E-state index in [1.807, 2.05) is 11.7 Å². The molecule has 0 amide bonds. The molecule has 1 saturated heterocycles. The third kappa shape index (κ3) is 3.54. The Morgan fingerprint density at radius 1 is 1.53 bits per heavy atom. The van der Waals surface area contributed by atoms with Gasteiger partial charge in [0.1, 0.15) is 0 Å². The number of ether oxygens (including phenoxy) is 1. The fourth-order valence-electron chi connectivity index (χ4n) is 2.24. The Hall–Kier alpha value is -0.870. The van der Waals surface area contributed by atoms with Crippen molar-refractivity contribution < 1.29 is 4.74 Å². The lowest BCUT2D eigenvalue weighted by atomic mass is 10.1. The number of aromatic nitrogens is 2. The van der Waals surface area contributed by atoms with Crippen LogP contribution < -0.4 is 5.32 Å². The van der Waals surface area contributed by atoms with Crippen molar-refractivity contribution in [3.05, 3.63) is 17.5 Å². The molecule has 2 rings (SSSR count). The summed E-state index contributed by atoms with van der Waals surface area (Å²) in [5.74, 6) is 0. The Morgan fingerprint density at radius 2 is 2.41 bits per heavy atom. The van der Waals surface area contributed by atoms with Crippen LogP contribution in [0, 0.1) is 0 Å². The number of nitrogens with zero attached hydrogens (tertiary/aromatic N) is 2. The summed E-state index contributed by atoms with van der Waals surface area (Å²) in [7, 11) is 2.01. The minimum absolute atomic E-state index is 0.405. The molecule has 4 nitrogen and oxygen atoms in total. The van der Waals surface area contributed by atoms with E-state index in [-0.39, 0.29) is 0 Å². The molecule has 0 spiro atoms.